The zero-order valence-corrected chi connectivity index (χ0v) is 14.4. The van der Waals surface area contributed by atoms with Crippen molar-refractivity contribution in [3.8, 4) is 0 Å². The third-order valence-electron chi connectivity index (χ3n) is 4.39. The summed E-state index contributed by atoms with van der Waals surface area (Å²) in [4.78, 5) is 12.6. The molecule has 1 heterocycles. The molecule has 128 valence electrons. The second-order valence-corrected chi connectivity index (χ2v) is 8.24. The molecule has 1 aliphatic carbocycles. The number of carbonyl (C=O) groups excluding carboxylic acids is 1. The fraction of sp³-hybridized carbons (Fsp3) is 0.412. The Kier molecular flexibility index (Phi) is 4.71. The van der Waals surface area contributed by atoms with Crippen LogP contribution in [0.5, 0.6) is 0 Å². The van der Waals surface area contributed by atoms with Gasteiger partial charge in [0, 0.05) is 17.8 Å². The van der Waals surface area contributed by atoms with Gasteiger partial charge in [-0.1, -0.05) is 19.1 Å². The lowest BCUT2D eigenvalue weighted by Crippen LogP contribution is -2.24. The number of aryl methyl sites for hydroxylation is 1. The average molecular weight is 347 g/mol. The van der Waals surface area contributed by atoms with Crippen LogP contribution in [0, 0.1) is 0 Å². The number of H-pyrrole nitrogens is 1. The van der Waals surface area contributed by atoms with Crippen molar-refractivity contribution in [1.82, 2.24) is 15.5 Å². The number of nitrogens with zero attached hydrogens (tertiary/aromatic N) is 1. The fourth-order valence-electron chi connectivity index (χ4n) is 2.92. The Hall–Kier alpha value is -2.15. The van der Waals surface area contributed by atoms with Crippen molar-refractivity contribution in [2.45, 2.75) is 44.0 Å². The number of hydrogen-bond donors (Lipinski definition) is 2. The molecule has 1 aliphatic rings. The van der Waals surface area contributed by atoms with Crippen LogP contribution < -0.4 is 5.32 Å². The molecule has 0 saturated heterocycles. The molecule has 2 N–H and O–H groups in total. The van der Waals surface area contributed by atoms with Gasteiger partial charge in [-0.2, -0.15) is 5.10 Å². The number of aromatic nitrogens is 2. The molecule has 7 heteroatoms. The summed E-state index contributed by atoms with van der Waals surface area (Å²) in [6.45, 7) is 1.96. The third-order valence-corrected chi connectivity index (χ3v) is 6.14. The van der Waals surface area contributed by atoms with Gasteiger partial charge in [0.2, 0.25) is 0 Å². The van der Waals surface area contributed by atoms with Crippen molar-refractivity contribution >= 4 is 15.7 Å². The average Bonchev–Trinajstić information content (AvgIpc) is 3.04. The van der Waals surface area contributed by atoms with E-state index in [1.165, 1.54) is 0 Å². The predicted molar refractivity (Wildman–Crippen MR) is 90.6 cm³/mol. The first-order valence-electron chi connectivity index (χ1n) is 8.17. The molecule has 0 bridgehead atoms. The van der Waals surface area contributed by atoms with E-state index < -0.39 is 9.84 Å². The van der Waals surface area contributed by atoms with Crippen LogP contribution in [0.4, 0.5) is 0 Å². The normalized spacial score (nSPS) is 14.2. The Morgan fingerprint density at radius 2 is 1.92 bits per heavy atom. The summed E-state index contributed by atoms with van der Waals surface area (Å²) >= 11 is 0. The number of rotatable bonds is 5. The monoisotopic (exact) mass is 347 g/mol. The van der Waals surface area contributed by atoms with Gasteiger partial charge in [0.15, 0.2) is 15.5 Å². The minimum atomic E-state index is -3.19. The first-order chi connectivity index (χ1) is 11.5. The number of aromatic amines is 1. The van der Waals surface area contributed by atoms with Crippen LogP contribution in [-0.4, -0.2) is 30.3 Å². The third kappa shape index (κ3) is 3.36. The lowest BCUT2D eigenvalue weighted by molar-refractivity contribution is 0.0945. The van der Waals surface area contributed by atoms with Gasteiger partial charge in [0.05, 0.1) is 10.6 Å². The number of fused-ring (bicyclic) bond motifs is 1. The molecule has 1 aromatic heterocycles. The largest absolute Gasteiger partial charge is 0.347 e. The van der Waals surface area contributed by atoms with E-state index in [0.717, 1.165) is 42.5 Å². The van der Waals surface area contributed by atoms with E-state index in [4.69, 9.17) is 0 Å². The second kappa shape index (κ2) is 6.76. The van der Waals surface area contributed by atoms with E-state index >= 15 is 0 Å². The van der Waals surface area contributed by atoms with Crippen LogP contribution in [0.25, 0.3) is 0 Å². The minimum absolute atomic E-state index is 0.0767. The predicted octanol–water partition coefficient (Wildman–Crippen LogP) is 2.01. The summed E-state index contributed by atoms with van der Waals surface area (Å²) < 4.78 is 23.6. The highest BCUT2D eigenvalue weighted by molar-refractivity contribution is 7.91. The van der Waals surface area contributed by atoms with Gasteiger partial charge >= 0.3 is 0 Å². The van der Waals surface area contributed by atoms with E-state index in [0.29, 0.717) is 17.1 Å². The van der Waals surface area contributed by atoms with Crippen LogP contribution >= 0.6 is 0 Å². The first-order valence-corrected chi connectivity index (χ1v) is 9.82. The molecule has 0 unspecified atom stereocenters. The summed E-state index contributed by atoms with van der Waals surface area (Å²) in [5, 5.41) is 9.96. The van der Waals surface area contributed by atoms with Crippen molar-refractivity contribution in [2.24, 2.45) is 0 Å². The van der Waals surface area contributed by atoms with Gasteiger partial charge in [-0.3, -0.25) is 9.89 Å². The van der Waals surface area contributed by atoms with Crippen LogP contribution in [0.15, 0.2) is 29.2 Å². The number of hydrogen-bond acceptors (Lipinski definition) is 4. The molecule has 3 rings (SSSR count). The number of benzene rings is 1. The van der Waals surface area contributed by atoms with Gasteiger partial charge in [-0.25, -0.2) is 8.42 Å². The highest BCUT2D eigenvalue weighted by Gasteiger charge is 2.21. The van der Waals surface area contributed by atoms with Gasteiger partial charge in [0.25, 0.3) is 5.91 Å². The molecule has 6 nitrogen and oxygen atoms in total. The summed E-state index contributed by atoms with van der Waals surface area (Å²) in [5.74, 6) is -0.118. The summed E-state index contributed by atoms with van der Waals surface area (Å²) in [6.07, 6.45) is 4.05. The van der Waals surface area contributed by atoms with Crippen LogP contribution in [-0.2, 0) is 29.2 Å². The Labute approximate surface area is 141 Å². The minimum Gasteiger partial charge on any atom is -0.347 e. The first kappa shape index (κ1) is 16.7. The maximum atomic E-state index is 12.3. The Morgan fingerprint density at radius 1 is 1.21 bits per heavy atom. The van der Waals surface area contributed by atoms with Crippen molar-refractivity contribution in [2.75, 3.05) is 5.75 Å². The number of amides is 1. The van der Waals surface area contributed by atoms with Gasteiger partial charge in [-0.15, -0.1) is 0 Å². The van der Waals surface area contributed by atoms with Crippen LogP contribution in [0.2, 0.25) is 0 Å². The summed E-state index contributed by atoms with van der Waals surface area (Å²) in [7, 11) is -3.19. The molecule has 2 aromatic rings. The van der Waals surface area contributed by atoms with Crippen LogP contribution in [0.1, 0.15) is 47.1 Å². The SMILES string of the molecule is CCS(=O)(=O)c1ccc(CNC(=O)c2n[nH]c3c2CCCC3)cc1. The van der Waals surface area contributed by atoms with Gasteiger partial charge in [0.1, 0.15) is 0 Å². The molecule has 1 aromatic carbocycles. The highest BCUT2D eigenvalue weighted by atomic mass is 32.2. The molecule has 0 atom stereocenters. The second-order valence-electron chi connectivity index (χ2n) is 5.97. The molecule has 0 saturated carbocycles. The van der Waals surface area contributed by atoms with E-state index in [1.54, 1.807) is 31.2 Å². The summed E-state index contributed by atoms with van der Waals surface area (Å²) in [5.41, 5.74) is 3.43. The zero-order chi connectivity index (χ0) is 17.2. The van der Waals surface area contributed by atoms with Crippen molar-refractivity contribution in [1.29, 1.82) is 0 Å². The molecule has 0 spiro atoms. The van der Waals surface area contributed by atoms with Crippen molar-refractivity contribution in [3.05, 3.63) is 46.8 Å². The van der Waals surface area contributed by atoms with Gasteiger partial charge in [-0.05, 0) is 43.4 Å². The van der Waals surface area contributed by atoms with Gasteiger partial charge < -0.3 is 5.32 Å². The molecule has 0 radical (unpaired) electrons. The molecule has 1 amide bonds. The zero-order valence-electron chi connectivity index (χ0n) is 13.6. The van der Waals surface area contributed by atoms with Crippen molar-refractivity contribution in [3.63, 3.8) is 0 Å². The molecular formula is C17H21N3O3S. The molecule has 0 fully saturated rings. The smallest absolute Gasteiger partial charge is 0.272 e. The lowest BCUT2D eigenvalue weighted by atomic mass is 9.96. The Bertz CT molecular complexity index is 838. The fourth-order valence-corrected chi connectivity index (χ4v) is 3.80. The standard InChI is InChI=1S/C17H21N3O3S/c1-2-24(22,23)13-9-7-12(8-10-13)11-18-17(21)16-14-5-3-4-6-15(14)19-20-16/h7-10H,2-6,11H2,1H3,(H,18,21)(H,19,20). The lowest BCUT2D eigenvalue weighted by Gasteiger charge is -2.11. The summed E-state index contributed by atoms with van der Waals surface area (Å²) in [6, 6.07) is 6.61. The van der Waals surface area contributed by atoms with E-state index in [9.17, 15) is 13.2 Å². The number of nitrogens with one attached hydrogen (secondary N) is 2. The molecular weight excluding hydrogens is 326 g/mol. The van der Waals surface area contributed by atoms with E-state index in [2.05, 4.69) is 15.5 Å². The number of carbonyl (C=O) groups is 1. The van der Waals surface area contributed by atoms with Crippen LogP contribution in [0.3, 0.4) is 0 Å². The Morgan fingerprint density at radius 3 is 2.62 bits per heavy atom. The maximum Gasteiger partial charge on any atom is 0.272 e. The van der Waals surface area contributed by atoms with E-state index in [-0.39, 0.29) is 11.7 Å². The number of sulfone groups is 1. The van der Waals surface area contributed by atoms with E-state index in [1.807, 2.05) is 0 Å². The van der Waals surface area contributed by atoms with Crippen molar-refractivity contribution < 1.29 is 13.2 Å². The highest BCUT2D eigenvalue weighted by Crippen LogP contribution is 2.22. The molecule has 0 aliphatic heterocycles. The quantitative estimate of drug-likeness (QED) is 0.865. The topological polar surface area (TPSA) is 91.9 Å². The molecule has 24 heavy (non-hydrogen) atoms. The Balaban J connectivity index is 1.65. The maximum absolute atomic E-state index is 12.3.